The number of rotatable bonds is 10. The third-order valence-corrected chi connectivity index (χ3v) is 4.42. The van der Waals surface area contributed by atoms with Crippen molar-refractivity contribution in [1.29, 1.82) is 0 Å². The molecule has 1 amide bonds. The van der Waals surface area contributed by atoms with E-state index in [-0.39, 0.29) is 17.2 Å². The fraction of sp³-hybridized carbons (Fsp3) is 0.682. The molecule has 9 heteroatoms. The molecule has 0 radical (unpaired) electrons. The summed E-state index contributed by atoms with van der Waals surface area (Å²) in [6, 6.07) is -0.126. The first-order valence-corrected chi connectivity index (χ1v) is 11.0. The first-order chi connectivity index (χ1) is 14.6. The number of carbonyl (C=O) groups excluding carboxylic acids is 1. The lowest BCUT2D eigenvalue weighted by molar-refractivity contribution is -0.0969. The molecule has 2 N–H and O–H groups in total. The average molecular weight is 455 g/mol. The van der Waals surface area contributed by atoms with E-state index in [1.165, 1.54) is 0 Å². The molecule has 8 nitrogen and oxygen atoms in total. The lowest BCUT2D eigenvalue weighted by atomic mass is 9.99. The Bertz CT molecular complexity index is 752. The molecule has 0 aliphatic rings. The molecule has 1 unspecified atom stereocenters. The molecular formula is C22H35ClN4O4. The van der Waals surface area contributed by atoms with Crippen LogP contribution in [0, 0.1) is 17.8 Å². The van der Waals surface area contributed by atoms with E-state index in [9.17, 15) is 4.79 Å². The fourth-order valence-corrected chi connectivity index (χ4v) is 2.63. The Hall–Kier alpha value is -2.08. The molecule has 174 valence electrons. The van der Waals surface area contributed by atoms with Gasteiger partial charge in [0.15, 0.2) is 0 Å². The summed E-state index contributed by atoms with van der Waals surface area (Å²) in [6.45, 7) is 14.7. The van der Waals surface area contributed by atoms with E-state index in [4.69, 9.17) is 25.8 Å². The topological polar surface area (TPSA) is 94.6 Å². The number of alkyl carbamates (subject to hydrolysis) is 1. The summed E-state index contributed by atoms with van der Waals surface area (Å²) in [5.41, 5.74) is -0.0105. The van der Waals surface area contributed by atoms with Gasteiger partial charge < -0.3 is 24.8 Å². The van der Waals surface area contributed by atoms with Gasteiger partial charge in [-0.2, -0.15) is 4.98 Å². The maximum absolute atomic E-state index is 12.1. The van der Waals surface area contributed by atoms with Crippen molar-refractivity contribution < 1.29 is 19.0 Å². The number of nitrogens with zero attached hydrogens (tertiary/aromatic N) is 2. The molecule has 0 saturated carbocycles. The third-order valence-electron chi connectivity index (χ3n) is 4.24. The van der Waals surface area contributed by atoms with Crippen LogP contribution < -0.4 is 10.6 Å². The highest BCUT2D eigenvalue weighted by atomic mass is 35.5. The van der Waals surface area contributed by atoms with Crippen molar-refractivity contribution in [3.63, 3.8) is 0 Å². The predicted molar refractivity (Wildman–Crippen MR) is 122 cm³/mol. The van der Waals surface area contributed by atoms with Crippen LogP contribution in [-0.4, -0.2) is 53.8 Å². The zero-order valence-corrected chi connectivity index (χ0v) is 20.3. The second kappa shape index (κ2) is 13.4. The van der Waals surface area contributed by atoms with E-state index in [1.807, 2.05) is 34.6 Å². The monoisotopic (exact) mass is 454 g/mol. The van der Waals surface area contributed by atoms with Gasteiger partial charge in [-0.05, 0) is 58.1 Å². The van der Waals surface area contributed by atoms with Gasteiger partial charge in [0, 0.05) is 32.0 Å². The minimum absolute atomic E-state index is 0.0993. The van der Waals surface area contributed by atoms with Crippen LogP contribution in [0.1, 0.15) is 60.5 Å². The molecule has 1 aromatic rings. The van der Waals surface area contributed by atoms with E-state index in [1.54, 1.807) is 6.20 Å². The highest BCUT2D eigenvalue weighted by Crippen LogP contribution is 2.18. The van der Waals surface area contributed by atoms with Crippen LogP contribution in [-0.2, 0) is 14.2 Å². The third kappa shape index (κ3) is 10.7. The number of anilines is 1. The van der Waals surface area contributed by atoms with E-state index in [0.717, 1.165) is 6.42 Å². The van der Waals surface area contributed by atoms with Gasteiger partial charge in [-0.1, -0.05) is 26.2 Å². The van der Waals surface area contributed by atoms with Gasteiger partial charge in [0.2, 0.25) is 11.6 Å². The van der Waals surface area contributed by atoms with Crippen LogP contribution in [0.4, 0.5) is 10.6 Å². The van der Waals surface area contributed by atoms with E-state index in [0.29, 0.717) is 31.1 Å². The van der Waals surface area contributed by atoms with Crippen molar-refractivity contribution in [3.05, 3.63) is 17.0 Å². The molecule has 1 aromatic heterocycles. The molecule has 2 atom stereocenters. The largest absolute Gasteiger partial charge is 0.444 e. The van der Waals surface area contributed by atoms with E-state index < -0.39 is 18.0 Å². The Balaban J connectivity index is 3.04. The Morgan fingerprint density at radius 2 is 1.87 bits per heavy atom. The van der Waals surface area contributed by atoms with Crippen LogP contribution in [0.2, 0.25) is 5.28 Å². The molecule has 0 aliphatic carbocycles. The van der Waals surface area contributed by atoms with Crippen molar-refractivity contribution >= 4 is 23.5 Å². The van der Waals surface area contributed by atoms with Crippen molar-refractivity contribution in [1.82, 2.24) is 15.3 Å². The first kappa shape index (κ1) is 27.0. The van der Waals surface area contributed by atoms with Gasteiger partial charge in [0.05, 0.1) is 5.56 Å². The minimum atomic E-state index is -0.641. The molecule has 0 saturated heterocycles. The van der Waals surface area contributed by atoms with E-state index in [2.05, 4.69) is 46.3 Å². The van der Waals surface area contributed by atoms with Crippen LogP contribution in [0.3, 0.4) is 0 Å². The molecule has 31 heavy (non-hydrogen) atoms. The minimum Gasteiger partial charge on any atom is -0.444 e. The van der Waals surface area contributed by atoms with Crippen molar-refractivity contribution in [2.45, 2.75) is 72.8 Å². The Morgan fingerprint density at radius 3 is 2.42 bits per heavy atom. The van der Waals surface area contributed by atoms with Crippen molar-refractivity contribution in [2.24, 2.45) is 5.92 Å². The standard InChI is InChI=1S/C22H35ClN4O4/c1-8-15(4)17(14-25-21(28)31-22(5,6)7)26-19-16(13-24-20(23)27-19)11-12-18(29-9-2)30-10-3/h13,15,17-18H,8-10,14H2,1-7H3,(H,25,28)(H,24,26,27)/t15?,17-/m1/s1. The zero-order chi connectivity index (χ0) is 23.4. The second-order valence-electron chi connectivity index (χ2n) is 7.93. The Morgan fingerprint density at radius 1 is 1.23 bits per heavy atom. The number of halogens is 1. The number of hydrogen-bond donors (Lipinski definition) is 2. The highest BCUT2D eigenvalue weighted by Gasteiger charge is 2.21. The van der Waals surface area contributed by atoms with Gasteiger partial charge in [-0.3, -0.25) is 0 Å². The molecular weight excluding hydrogens is 420 g/mol. The maximum atomic E-state index is 12.1. The molecule has 1 heterocycles. The van der Waals surface area contributed by atoms with Gasteiger partial charge in [0.1, 0.15) is 11.4 Å². The molecule has 0 aliphatic heterocycles. The average Bonchev–Trinajstić information content (AvgIpc) is 2.68. The second-order valence-corrected chi connectivity index (χ2v) is 8.27. The smallest absolute Gasteiger partial charge is 0.407 e. The lowest BCUT2D eigenvalue weighted by Gasteiger charge is -2.26. The SMILES string of the molecule is CCOC(C#Cc1cnc(Cl)nc1N[C@H](CNC(=O)OC(C)(C)C)C(C)CC)OCC. The number of nitrogens with one attached hydrogen (secondary N) is 2. The Labute approximate surface area is 190 Å². The van der Waals surface area contributed by atoms with E-state index >= 15 is 0 Å². The van der Waals surface area contributed by atoms with Crippen LogP contribution in [0.15, 0.2) is 6.20 Å². The number of amides is 1. The first-order valence-electron chi connectivity index (χ1n) is 10.6. The summed E-state index contributed by atoms with van der Waals surface area (Å²) < 4.78 is 16.3. The summed E-state index contributed by atoms with van der Waals surface area (Å²) in [5, 5.41) is 6.27. The predicted octanol–water partition coefficient (Wildman–Crippen LogP) is 4.23. The number of carbonyl (C=O) groups is 1. The quantitative estimate of drug-likeness (QED) is 0.310. The molecule has 0 fully saturated rings. The summed E-state index contributed by atoms with van der Waals surface area (Å²) in [7, 11) is 0. The normalized spacial score (nSPS) is 13.2. The fourth-order valence-electron chi connectivity index (χ4n) is 2.49. The van der Waals surface area contributed by atoms with Gasteiger partial charge in [0.25, 0.3) is 0 Å². The van der Waals surface area contributed by atoms with Crippen LogP contribution >= 0.6 is 11.6 Å². The van der Waals surface area contributed by atoms with Gasteiger partial charge in [-0.15, -0.1) is 0 Å². The van der Waals surface area contributed by atoms with Crippen molar-refractivity contribution in [3.8, 4) is 11.8 Å². The maximum Gasteiger partial charge on any atom is 0.407 e. The van der Waals surface area contributed by atoms with Gasteiger partial charge >= 0.3 is 6.09 Å². The van der Waals surface area contributed by atoms with Crippen molar-refractivity contribution in [2.75, 3.05) is 25.1 Å². The number of hydrogen-bond acceptors (Lipinski definition) is 7. The molecule has 0 bridgehead atoms. The summed E-state index contributed by atoms with van der Waals surface area (Å²) in [6.07, 6.45) is 1.33. The van der Waals surface area contributed by atoms with Crippen LogP contribution in [0.5, 0.6) is 0 Å². The van der Waals surface area contributed by atoms with Crippen LogP contribution in [0.25, 0.3) is 0 Å². The highest BCUT2D eigenvalue weighted by molar-refractivity contribution is 6.28. The molecule has 0 spiro atoms. The van der Waals surface area contributed by atoms with Gasteiger partial charge in [-0.25, -0.2) is 9.78 Å². The summed E-state index contributed by atoms with van der Waals surface area (Å²) in [4.78, 5) is 20.4. The summed E-state index contributed by atoms with van der Waals surface area (Å²) in [5.74, 6) is 6.66. The number of ether oxygens (including phenoxy) is 3. The lowest BCUT2D eigenvalue weighted by Crippen LogP contribution is -2.42. The summed E-state index contributed by atoms with van der Waals surface area (Å²) >= 11 is 6.03. The Kier molecular flexibility index (Phi) is 11.6. The number of aromatic nitrogens is 2. The zero-order valence-electron chi connectivity index (χ0n) is 19.5. The molecule has 0 aromatic carbocycles. The molecule has 1 rings (SSSR count).